The molecule has 0 aliphatic carbocycles. The van der Waals surface area contributed by atoms with Gasteiger partial charge in [-0.1, -0.05) is 11.6 Å². The molecule has 0 bridgehead atoms. The lowest BCUT2D eigenvalue weighted by atomic mass is 10.2. The summed E-state index contributed by atoms with van der Waals surface area (Å²) in [5, 5.41) is 3.97. The first-order valence-corrected chi connectivity index (χ1v) is 9.23. The molecule has 0 saturated heterocycles. The first-order valence-electron chi connectivity index (χ1n) is 8.45. The van der Waals surface area contributed by atoms with Crippen LogP contribution >= 0.6 is 23.8 Å². The summed E-state index contributed by atoms with van der Waals surface area (Å²) >= 11 is 11.5. The average Bonchev–Trinajstić information content (AvgIpc) is 3.02. The fourth-order valence-corrected chi connectivity index (χ4v) is 3.27. The second kappa shape index (κ2) is 8.56. The van der Waals surface area contributed by atoms with Gasteiger partial charge in [0.15, 0.2) is 12.5 Å². The lowest BCUT2D eigenvalue weighted by Gasteiger charge is -2.16. The Morgan fingerprint density at radius 1 is 1.15 bits per heavy atom. The Labute approximate surface area is 168 Å². The van der Waals surface area contributed by atoms with Crippen LogP contribution in [0.25, 0.3) is 11.4 Å². The molecule has 8 heteroatoms. The van der Waals surface area contributed by atoms with Crippen molar-refractivity contribution >= 4 is 23.8 Å². The Morgan fingerprint density at radius 3 is 2.56 bits per heavy atom. The maximum absolute atomic E-state index is 6.12. The van der Waals surface area contributed by atoms with E-state index in [-0.39, 0.29) is 0 Å². The van der Waals surface area contributed by atoms with E-state index in [0.717, 1.165) is 35.0 Å². The number of methoxy groups -OCH3 is 2. The maximum atomic E-state index is 6.12. The zero-order valence-corrected chi connectivity index (χ0v) is 17.0. The molecule has 1 heterocycles. The van der Waals surface area contributed by atoms with Gasteiger partial charge in [0.2, 0.25) is 4.77 Å². The van der Waals surface area contributed by atoms with E-state index in [2.05, 4.69) is 17.1 Å². The van der Waals surface area contributed by atoms with E-state index in [0.29, 0.717) is 16.5 Å². The Morgan fingerprint density at radius 2 is 1.89 bits per heavy atom. The highest BCUT2D eigenvalue weighted by atomic mass is 35.5. The molecule has 0 fully saturated rings. The van der Waals surface area contributed by atoms with Crippen LogP contribution < -0.4 is 14.4 Å². The van der Waals surface area contributed by atoms with Crippen LogP contribution in [0.5, 0.6) is 11.5 Å². The van der Waals surface area contributed by atoms with E-state index in [1.807, 2.05) is 47.1 Å². The van der Waals surface area contributed by atoms with Crippen LogP contribution in [0.2, 0.25) is 5.02 Å². The van der Waals surface area contributed by atoms with Gasteiger partial charge in [-0.15, -0.1) is 0 Å². The predicted molar refractivity (Wildman–Crippen MR) is 108 cm³/mol. The molecule has 0 aliphatic rings. The molecule has 0 spiro atoms. The van der Waals surface area contributed by atoms with Crippen LogP contribution in [0.3, 0.4) is 0 Å². The lowest BCUT2D eigenvalue weighted by molar-refractivity contribution is -0.917. The molecule has 3 rings (SSSR count). The number of rotatable bonds is 7. The largest absolute Gasteiger partial charge is 0.497 e. The summed E-state index contributed by atoms with van der Waals surface area (Å²) in [4.78, 5) is 5.67. The van der Waals surface area contributed by atoms with Gasteiger partial charge < -0.3 is 14.4 Å². The maximum Gasteiger partial charge on any atom is 0.221 e. The zero-order chi connectivity index (χ0) is 19.4. The molecular weight excluding hydrogens is 384 g/mol. The van der Waals surface area contributed by atoms with Gasteiger partial charge in [0, 0.05) is 16.1 Å². The fraction of sp³-hybridized carbons (Fsp3) is 0.263. The van der Waals surface area contributed by atoms with Crippen LogP contribution in [0.4, 0.5) is 0 Å². The van der Waals surface area contributed by atoms with Crippen molar-refractivity contribution in [3.8, 4) is 22.9 Å². The number of quaternary nitrogens is 1. The van der Waals surface area contributed by atoms with E-state index < -0.39 is 0 Å². The minimum absolute atomic E-state index is 0.512. The highest BCUT2D eigenvalue weighted by Crippen LogP contribution is 2.22. The summed E-state index contributed by atoms with van der Waals surface area (Å²) in [6.07, 6.45) is 0. The standard InChI is InChI=1S/C19H21ClN4O2S/c1-23(11-14-10-15(20)6-9-17(14)26-3)12-24-19(27)21-18(22-24)13-4-7-16(25-2)8-5-13/h4-10H,11-12H2,1-3H3,(H,21,22,27)/p+1. The highest BCUT2D eigenvalue weighted by molar-refractivity contribution is 7.71. The van der Waals surface area contributed by atoms with Crippen molar-refractivity contribution < 1.29 is 14.4 Å². The molecule has 0 saturated carbocycles. The van der Waals surface area contributed by atoms with Crippen molar-refractivity contribution in [2.45, 2.75) is 13.2 Å². The molecule has 6 nitrogen and oxygen atoms in total. The summed E-state index contributed by atoms with van der Waals surface area (Å²) in [7, 11) is 5.38. The number of hydrogen-bond acceptors (Lipinski definition) is 4. The Balaban J connectivity index is 1.75. The normalized spacial score (nSPS) is 12.0. The first-order chi connectivity index (χ1) is 13.0. The first kappa shape index (κ1) is 19.4. The van der Waals surface area contributed by atoms with Crippen LogP contribution in [0.15, 0.2) is 42.5 Å². The molecule has 1 atom stereocenters. The quantitative estimate of drug-likeness (QED) is 0.593. The molecule has 2 N–H and O–H groups in total. The van der Waals surface area contributed by atoms with Gasteiger partial charge in [0.05, 0.1) is 21.3 Å². The van der Waals surface area contributed by atoms with Gasteiger partial charge in [-0.05, 0) is 54.7 Å². The number of hydrogen-bond donors (Lipinski definition) is 2. The molecule has 142 valence electrons. The molecule has 0 radical (unpaired) electrons. The van der Waals surface area contributed by atoms with Gasteiger partial charge in [-0.25, -0.2) is 4.68 Å². The summed E-state index contributed by atoms with van der Waals surface area (Å²) in [5.74, 6) is 2.36. The number of nitrogens with one attached hydrogen (secondary N) is 2. The van der Waals surface area contributed by atoms with Gasteiger partial charge in [-0.2, -0.15) is 4.98 Å². The highest BCUT2D eigenvalue weighted by Gasteiger charge is 2.13. The topological polar surface area (TPSA) is 56.5 Å². The SMILES string of the molecule is COc1ccc(-c2nc(=S)n(C[NH+](C)Cc3cc(Cl)ccc3OC)[nH]2)cc1. The summed E-state index contributed by atoms with van der Waals surface area (Å²) in [6.45, 7) is 1.38. The minimum Gasteiger partial charge on any atom is -0.497 e. The third kappa shape index (κ3) is 4.68. The van der Waals surface area contributed by atoms with Gasteiger partial charge >= 0.3 is 0 Å². The molecule has 2 aromatic carbocycles. The van der Waals surface area contributed by atoms with E-state index in [1.165, 1.54) is 4.90 Å². The summed E-state index contributed by atoms with van der Waals surface area (Å²) in [6, 6.07) is 13.3. The third-order valence-corrected chi connectivity index (χ3v) is 4.75. The number of ether oxygens (including phenoxy) is 2. The molecule has 0 aliphatic heterocycles. The van der Waals surface area contributed by atoms with Crippen molar-refractivity contribution in [2.24, 2.45) is 0 Å². The second-order valence-corrected chi connectivity index (χ2v) is 7.06. The van der Waals surface area contributed by atoms with Crippen molar-refractivity contribution in [2.75, 3.05) is 21.3 Å². The Hall–Kier alpha value is -2.35. The number of aromatic amines is 1. The van der Waals surface area contributed by atoms with E-state index >= 15 is 0 Å². The lowest BCUT2D eigenvalue weighted by Crippen LogP contribution is -3.07. The monoisotopic (exact) mass is 405 g/mol. The van der Waals surface area contributed by atoms with Crippen LogP contribution in [0, 0.1) is 4.77 Å². The number of nitrogens with zero attached hydrogens (tertiary/aromatic N) is 2. The fourth-order valence-electron chi connectivity index (χ4n) is 2.88. The van der Waals surface area contributed by atoms with Crippen molar-refractivity contribution in [1.29, 1.82) is 0 Å². The average molecular weight is 406 g/mol. The molecule has 1 aromatic heterocycles. The zero-order valence-electron chi connectivity index (χ0n) is 15.5. The van der Waals surface area contributed by atoms with E-state index in [9.17, 15) is 0 Å². The number of aromatic nitrogens is 3. The Kier molecular flexibility index (Phi) is 6.15. The minimum atomic E-state index is 0.512. The predicted octanol–water partition coefficient (Wildman–Crippen LogP) is 2.95. The third-order valence-electron chi connectivity index (χ3n) is 4.21. The van der Waals surface area contributed by atoms with Gasteiger partial charge in [0.1, 0.15) is 18.0 Å². The van der Waals surface area contributed by atoms with Crippen molar-refractivity contribution in [1.82, 2.24) is 14.8 Å². The number of benzene rings is 2. The smallest absolute Gasteiger partial charge is 0.221 e. The van der Waals surface area contributed by atoms with E-state index in [4.69, 9.17) is 33.3 Å². The van der Waals surface area contributed by atoms with Crippen LogP contribution in [-0.4, -0.2) is 36.0 Å². The molecular formula is C19H22ClN4O2S+. The summed E-state index contributed by atoms with van der Waals surface area (Å²) in [5.41, 5.74) is 2.00. The van der Waals surface area contributed by atoms with E-state index in [1.54, 1.807) is 14.2 Å². The number of H-pyrrole nitrogens is 1. The molecule has 3 aromatic rings. The van der Waals surface area contributed by atoms with Crippen LogP contribution in [0.1, 0.15) is 5.56 Å². The molecule has 1 unspecified atom stereocenters. The van der Waals surface area contributed by atoms with Gasteiger partial charge in [-0.3, -0.25) is 5.10 Å². The molecule has 0 amide bonds. The van der Waals surface area contributed by atoms with Crippen molar-refractivity contribution in [3.63, 3.8) is 0 Å². The van der Waals surface area contributed by atoms with Crippen molar-refractivity contribution in [3.05, 3.63) is 57.8 Å². The number of halogens is 1. The van der Waals surface area contributed by atoms with Crippen LogP contribution in [-0.2, 0) is 13.2 Å². The van der Waals surface area contributed by atoms with Gasteiger partial charge in [0.25, 0.3) is 0 Å². The molecule has 27 heavy (non-hydrogen) atoms. The summed E-state index contributed by atoms with van der Waals surface area (Å²) < 4.78 is 13.0. The Bertz CT molecular complexity index is 969. The second-order valence-electron chi connectivity index (χ2n) is 6.26.